The third kappa shape index (κ3) is 17.7. The van der Waals surface area contributed by atoms with Gasteiger partial charge in [-0.25, -0.2) is 0 Å². The smallest absolute Gasteiger partial charge is 0.173 e. The highest BCUT2D eigenvalue weighted by Gasteiger charge is 1.83. The van der Waals surface area contributed by atoms with E-state index < -0.39 is 0 Å². The summed E-state index contributed by atoms with van der Waals surface area (Å²) in [5.74, 6) is 0. The highest BCUT2D eigenvalue weighted by atomic mass is 32.1. The minimum Gasteiger partial charge on any atom is -0.291 e. The molecule has 0 aromatic rings. The zero-order valence-electron chi connectivity index (χ0n) is 7.63. The molecule has 0 fully saturated rings. The van der Waals surface area contributed by atoms with Crippen molar-refractivity contribution in [3.05, 3.63) is 11.6 Å². The lowest BCUT2D eigenvalue weighted by Crippen LogP contribution is -1.74. The first-order valence-electron chi connectivity index (χ1n) is 3.92. The van der Waals surface area contributed by atoms with Crippen LogP contribution in [0.25, 0.3) is 0 Å². The van der Waals surface area contributed by atoms with Gasteiger partial charge in [-0.2, -0.15) is 0 Å². The number of thiol groups is 1. The van der Waals surface area contributed by atoms with Crippen LogP contribution in [-0.2, 0) is 4.79 Å². The number of allylic oxidation sites excluding steroid dienone is 2. The van der Waals surface area contributed by atoms with E-state index in [2.05, 4.69) is 39.5 Å². The van der Waals surface area contributed by atoms with Gasteiger partial charge in [0.2, 0.25) is 0 Å². The maximum absolute atomic E-state index is 8.67. The Morgan fingerprint density at radius 1 is 1.55 bits per heavy atom. The summed E-state index contributed by atoms with van der Waals surface area (Å²) < 4.78 is 0. The van der Waals surface area contributed by atoms with E-state index in [4.69, 9.17) is 4.79 Å². The molecule has 0 atom stereocenters. The molecule has 0 bridgehead atoms. The second kappa shape index (κ2) is 12.4. The Morgan fingerprint density at radius 2 is 2.00 bits per heavy atom. The second-order valence-electron chi connectivity index (χ2n) is 2.34. The van der Waals surface area contributed by atoms with Crippen LogP contribution in [0.2, 0.25) is 0 Å². The van der Waals surface area contributed by atoms with Crippen LogP contribution in [0.4, 0.5) is 0 Å². The summed E-state index contributed by atoms with van der Waals surface area (Å²) >= 11 is 3.11. The first-order valence-corrected chi connectivity index (χ1v) is 4.44. The Kier molecular flexibility index (Phi) is 15.1. The highest BCUT2D eigenvalue weighted by molar-refractivity contribution is 7.94. The number of rotatable bonds is 3. The molecular weight excluding hydrogens is 156 g/mol. The molecular formula is C9H18OS. The average molecular weight is 174 g/mol. The van der Waals surface area contributed by atoms with Crippen molar-refractivity contribution in [3.8, 4) is 0 Å². The highest BCUT2D eigenvalue weighted by Crippen LogP contribution is 2.04. The van der Waals surface area contributed by atoms with Crippen molar-refractivity contribution in [2.24, 2.45) is 0 Å². The van der Waals surface area contributed by atoms with E-state index in [1.807, 2.05) is 0 Å². The molecule has 2 heteroatoms. The molecule has 0 spiro atoms. The van der Waals surface area contributed by atoms with Gasteiger partial charge in [-0.1, -0.05) is 25.0 Å². The molecule has 0 saturated heterocycles. The molecule has 0 unspecified atom stereocenters. The Bertz CT molecular complexity index is 108. The molecule has 66 valence electrons. The van der Waals surface area contributed by atoms with E-state index in [-0.39, 0.29) is 0 Å². The Morgan fingerprint density at radius 3 is 2.27 bits per heavy atom. The molecule has 0 amide bonds. The molecule has 0 aliphatic rings. The van der Waals surface area contributed by atoms with Gasteiger partial charge in [-0.3, -0.25) is 4.79 Å². The van der Waals surface area contributed by atoms with Crippen LogP contribution >= 0.6 is 12.6 Å². The van der Waals surface area contributed by atoms with E-state index in [0.29, 0.717) is 5.62 Å². The quantitative estimate of drug-likeness (QED) is 0.395. The fraction of sp³-hybridized carbons (Fsp3) is 0.667. The average Bonchev–Trinajstić information content (AvgIpc) is 2.02. The second-order valence-corrected chi connectivity index (χ2v) is 2.55. The third-order valence-corrected chi connectivity index (χ3v) is 1.42. The van der Waals surface area contributed by atoms with Gasteiger partial charge in [0.15, 0.2) is 5.62 Å². The number of carbonyl (C=O) groups excluding carboxylic acids is 1. The normalized spacial score (nSPS) is 10.0. The summed E-state index contributed by atoms with van der Waals surface area (Å²) in [5, 5.41) is 0. The molecule has 0 heterocycles. The van der Waals surface area contributed by atoms with Gasteiger partial charge < -0.3 is 0 Å². The zero-order chi connectivity index (χ0) is 9.11. The van der Waals surface area contributed by atoms with Gasteiger partial charge in [0, 0.05) is 0 Å². The minimum atomic E-state index is 0.444. The van der Waals surface area contributed by atoms with Crippen molar-refractivity contribution in [2.75, 3.05) is 0 Å². The molecule has 0 radical (unpaired) electrons. The first-order chi connectivity index (χ1) is 5.22. The van der Waals surface area contributed by atoms with Gasteiger partial charge in [0.05, 0.1) is 0 Å². The van der Waals surface area contributed by atoms with Crippen molar-refractivity contribution in [1.82, 2.24) is 0 Å². The summed E-state index contributed by atoms with van der Waals surface area (Å²) in [5.41, 5.74) is 1.96. The Labute approximate surface area is 75.3 Å². The number of carbonyl (C=O) groups is 1. The molecule has 0 saturated carbocycles. The molecule has 1 nitrogen and oxygen atoms in total. The van der Waals surface area contributed by atoms with E-state index >= 15 is 0 Å². The van der Waals surface area contributed by atoms with Crippen LogP contribution < -0.4 is 0 Å². The van der Waals surface area contributed by atoms with Gasteiger partial charge >= 0.3 is 0 Å². The van der Waals surface area contributed by atoms with Crippen molar-refractivity contribution in [2.45, 2.75) is 40.0 Å². The van der Waals surface area contributed by atoms with E-state index in [0.717, 1.165) is 0 Å². The summed E-state index contributed by atoms with van der Waals surface area (Å²) in [6, 6.07) is 0. The van der Waals surface area contributed by atoms with Gasteiger partial charge in [0.1, 0.15) is 0 Å². The summed E-state index contributed by atoms with van der Waals surface area (Å²) in [7, 11) is 0. The van der Waals surface area contributed by atoms with Crippen molar-refractivity contribution in [3.63, 3.8) is 0 Å². The van der Waals surface area contributed by atoms with Crippen LogP contribution in [0, 0.1) is 0 Å². The predicted molar refractivity (Wildman–Crippen MR) is 54.7 cm³/mol. The minimum absolute atomic E-state index is 0.444. The molecule has 11 heavy (non-hydrogen) atoms. The number of hydrogen-bond donors (Lipinski definition) is 1. The fourth-order valence-corrected chi connectivity index (χ4v) is 0.600. The largest absolute Gasteiger partial charge is 0.291 e. The van der Waals surface area contributed by atoms with Crippen LogP contribution in [-0.4, -0.2) is 5.62 Å². The van der Waals surface area contributed by atoms with E-state index in [1.165, 1.54) is 24.8 Å². The van der Waals surface area contributed by atoms with Crippen LogP contribution in [0.1, 0.15) is 40.0 Å². The Balaban J connectivity index is 0. The maximum Gasteiger partial charge on any atom is 0.173 e. The van der Waals surface area contributed by atoms with Gasteiger partial charge in [-0.15, -0.1) is 12.6 Å². The fourth-order valence-electron chi connectivity index (χ4n) is 0.600. The lowest BCUT2D eigenvalue weighted by molar-refractivity contribution is 0.570. The molecule has 0 N–H and O–H groups in total. The van der Waals surface area contributed by atoms with Crippen LogP contribution in [0.3, 0.4) is 0 Å². The molecule has 0 aliphatic carbocycles. The number of unbranched alkanes of at least 4 members (excludes halogenated alkanes) is 1. The summed E-state index contributed by atoms with van der Waals surface area (Å²) in [4.78, 5) is 8.67. The molecule has 0 rings (SSSR count). The maximum atomic E-state index is 8.67. The summed E-state index contributed by atoms with van der Waals surface area (Å²) in [6.07, 6.45) is 6.13. The van der Waals surface area contributed by atoms with Crippen molar-refractivity contribution < 1.29 is 4.79 Å². The lowest BCUT2D eigenvalue weighted by atomic mass is 10.1. The van der Waals surface area contributed by atoms with E-state index in [9.17, 15) is 0 Å². The summed E-state index contributed by atoms with van der Waals surface area (Å²) in [6.45, 7) is 6.52. The predicted octanol–water partition coefficient (Wildman–Crippen LogP) is 3.25. The van der Waals surface area contributed by atoms with Gasteiger partial charge in [-0.05, 0) is 26.7 Å². The monoisotopic (exact) mass is 174 g/mol. The van der Waals surface area contributed by atoms with Crippen molar-refractivity contribution in [1.29, 1.82) is 0 Å². The zero-order valence-corrected chi connectivity index (χ0v) is 8.53. The SMILES string of the molecule is CC=C(C)CCCC.O=CS. The molecule has 0 aromatic carbocycles. The third-order valence-electron chi connectivity index (χ3n) is 1.42. The Hall–Kier alpha value is -0.240. The van der Waals surface area contributed by atoms with Gasteiger partial charge in [0.25, 0.3) is 0 Å². The van der Waals surface area contributed by atoms with Crippen LogP contribution in [0.5, 0.6) is 0 Å². The lowest BCUT2D eigenvalue weighted by Gasteiger charge is -1.94. The van der Waals surface area contributed by atoms with Crippen molar-refractivity contribution >= 4 is 18.2 Å². The molecule has 0 aromatic heterocycles. The number of hydrogen-bond acceptors (Lipinski definition) is 1. The van der Waals surface area contributed by atoms with Crippen LogP contribution in [0.15, 0.2) is 11.6 Å². The first kappa shape index (κ1) is 13.4. The molecule has 0 aliphatic heterocycles. The topological polar surface area (TPSA) is 17.1 Å². The van der Waals surface area contributed by atoms with E-state index in [1.54, 1.807) is 0 Å². The standard InChI is InChI=1S/C8H16.CH2OS/c1-4-6-7-8(3)5-2;2-1-3/h5H,4,6-7H2,1-3H3;1H,(H,2,3).